The first-order valence-electron chi connectivity index (χ1n) is 9.57. The Bertz CT molecular complexity index is 634. The second-order valence-corrected chi connectivity index (χ2v) is 7.77. The van der Waals surface area contributed by atoms with Gasteiger partial charge >= 0.3 is 0 Å². The van der Waals surface area contributed by atoms with E-state index < -0.39 is 0 Å². The fourth-order valence-electron chi connectivity index (χ4n) is 4.35. The van der Waals surface area contributed by atoms with Crippen LogP contribution >= 0.6 is 0 Å². The number of aromatic nitrogens is 2. The van der Waals surface area contributed by atoms with Gasteiger partial charge in [-0.15, -0.1) is 0 Å². The summed E-state index contributed by atoms with van der Waals surface area (Å²) in [5, 5.41) is 0. The van der Waals surface area contributed by atoms with Gasteiger partial charge in [-0.05, 0) is 38.5 Å². The summed E-state index contributed by atoms with van der Waals surface area (Å²) in [5.74, 6) is 1.97. The Morgan fingerprint density at radius 3 is 2.96 bits per heavy atom. The largest absolute Gasteiger partial charge is 0.385 e. The fourth-order valence-corrected chi connectivity index (χ4v) is 4.35. The van der Waals surface area contributed by atoms with Crippen LogP contribution < -0.4 is 4.90 Å². The molecule has 2 aliphatic heterocycles. The van der Waals surface area contributed by atoms with Crippen molar-refractivity contribution in [3.63, 3.8) is 0 Å². The number of carbonyl (C=O) groups excluding carboxylic acids is 1. The number of ether oxygens (including phenoxy) is 1. The summed E-state index contributed by atoms with van der Waals surface area (Å²) in [7, 11) is 1.71. The molecule has 4 rings (SSSR count). The van der Waals surface area contributed by atoms with E-state index in [1.807, 2.05) is 0 Å². The Labute approximate surface area is 149 Å². The number of hydrogen-bond donors (Lipinski definition) is 0. The smallest absolute Gasteiger partial charge is 0.230 e. The summed E-state index contributed by atoms with van der Waals surface area (Å²) in [4.78, 5) is 26.4. The first-order chi connectivity index (χ1) is 12.2. The van der Waals surface area contributed by atoms with Gasteiger partial charge in [0, 0.05) is 57.6 Å². The standard InChI is InChI=1S/C19H28N4O2/c1-25-11-3-9-22-8-2-6-19(18(22)24)7-10-23(13-19)17-12-16(15-4-5-15)20-14-21-17/h12,14-15H,2-11,13H2,1H3/t19-/m1/s1. The van der Waals surface area contributed by atoms with Crippen molar-refractivity contribution >= 4 is 11.7 Å². The zero-order valence-electron chi connectivity index (χ0n) is 15.1. The molecule has 0 unspecified atom stereocenters. The van der Waals surface area contributed by atoms with Gasteiger partial charge in [-0.25, -0.2) is 9.97 Å². The molecule has 0 N–H and O–H groups in total. The number of nitrogens with zero attached hydrogens (tertiary/aromatic N) is 4. The molecule has 0 radical (unpaired) electrons. The quantitative estimate of drug-likeness (QED) is 0.741. The second-order valence-electron chi connectivity index (χ2n) is 7.77. The molecular weight excluding hydrogens is 316 g/mol. The van der Waals surface area contributed by atoms with Crippen LogP contribution in [0.15, 0.2) is 12.4 Å². The predicted octanol–water partition coefficient (Wildman–Crippen LogP) is 2.21. The minimum atomic E-state index is -0.212. The van der Waals surface area contributed by atoms with Crippen LogP contribution in [0.25, 0.3) is 0 Å². The third-order valence-electron chi connectivity index (χ3n) is 5.95. The van der Waals surface area contributed by atoms with Gasteiger partial charge in [-0.1, -0.05) is 0 Å². The number of anilines is 1. The van der Waals surface area contributed by atoms with Crippen LogP contribution in [0.4, 0.5) is 5.82 Å². The van der Waals surface area contributed by atoms with Crippen molar-refractivity contribution in [1.82, 2.24) is 14.9 Å². The Hall–Kier alpha value is -1.69. The van der Waals surface area contributed by atoms with Gasteiger partial charge in [0.1, 0.15) is 12.1 Å². The van der Waals surface area contributed by atoms with E-state index in [4.69, 9.17) is 4.74 Å². The van der Waals surface area contributed by atoms with E-state index in [9.17, 15) is 4.79 Å². The van der Waals surface area contributed by atoms with Gasteiger partial charge in [0.2, 0.25) is 5.91 Å². The van der Waals surface area contributed by atoms with Crippen molar-refractivity contribution in [3.05, 3.63) is 18.1 Å². The highest BCUT2D eigenvalue weighted by atomic mass is 16.5. The molecule has 0 aromatic carbocycles. The predicted molar refractivity (Wildman–Crippen MR) is 95.6 cm³/mol. The van der Waals surface area contributed by atoms with Gasteiger partial charge in [-0.2, -0.15) is 0 Å². The number of piperidine rings is 1. The summed E-state index contributed by atoms with van der Waals surface area (Å²) in [6.07, 6.45) is 8.14. The molecule has 1 aliphatic carbocycles. The molecule has 6 heteroatoms. The SMILES string of the molecule is COCCCN1CCC[C@]2(CCN(c3cc(C4CC4)ncn3)C2)C1=O. The van der Waals surface area contributed by atoms with Crippen LogP contribution in [0.2, 0.25) is 0 Å². The molecule has 1 saturated carbocycles. The minimum absolute atomic E-state index is 0.212. The normalized spacial score (nSPS) is 26.7. The van der Waals surface area contributed by atoms with E-state index in [0.29, 0.717) is 18.4 Å². The third kappa shape index (κ3) is 3.36. The molecule has 3 fully saturated rings. The van der Waals surface area contributed by atoms with Crippen molar-refractivity contribution in [3.8, 4) is 0 Å². The molecule has 25 heavy (non-hydrogen) atoms. The maximum Gasteiger partial charge on any atom is 0.230 e. The van der Waals surface area contributed by atoms with E-state index >= 15 is 0 Å². The van der Waals surface area contributed by atoms with E-state index in [1.54, 1.807) is 13.4 Å². The molecule has 1 spiro atoms. The molecule has 1 atom stereocenters. The van der Waals surface area contributed by atoms with E-state index in [2.05, 4.69) is 25.8 Å². The maximum atomic E-state index is 13.1. The fraction of sp³-hybridized carbons (Fsp3) is 0.737. The van der Waals surface area contributed by atoms with Crippen LogP contribution in [0.1, 0.15) is 50.1 Å². The number of hydrogen-bond acceptors (Lipinski definition) is 5. The van der Waals surface area contributed by atoms with Crippen LogP contribution in [0.3, 0.4) is 0 Å². The summed E-state index contributed by atoms with van der Waals surface area (Å²) in [6.45, 7) is 4.14. The zero-order valence-corrected chi connectivity index (χ0v) is 15.1. The van der Waals surface area contributed by atoms with Crippen molar-refractivity contribution in [2.24, 2.45) is 5.41 Å². The lowest BCUT2D eigenvalue weighted by Gasteiger charge is -2.39. The summed E-state index contributed by atoms with van der Waals surface area (Å²) >= 11 is 0. The minimum Gasteiger partial charge on any atom is -0.385 e. The monoisotopic (exact) mass is 344 g/mol. The Morgan fingerprint density at radius 1 is 1.28 bits per heavy atom. The average molecular weight is 344 g/mol. The van der Waals surface area contributed by atoms with Crippen molar-refractivity contribution in [2.75, 3.05) is 44.8 Å². The van der Waals surface area contributed by atoms with Gasteiger partial charge < -0.3 is 14.5 Å². The zero-order chi connectivity index (χ0) is 17.3. The molecule has 1 amide bonds. The Balaban J connectivity index is 1.44. The topological polar surface area (TPSA) is 58.6 Å². The van der Waals surface area contributed by atoms with E-state index in [1.165, 1.54) is 18.5 Å². The van der Waals surface area contributed by atoms with Crippen LogP contribution in [0.5, 0.6) is 0 Å². The lowest BCUT2D eigenvalue weighted by molar-refractivity contribution is -0.145. The Kier molecular flexibility index (Phi) is 4.63. The lowest BCUT2D eigenvalue weighted by Crippen LogP contribution is -2.50. The lowest BCUT2D eigenvalue weighted by atomic mass is 9.78. The average Bonchev–Trinajstić information content (AvgIpc) is 3.40. The summed E-state index contributed by atoms with van der Waals surface area (Å²) in [6, 6.07) is 2.14. The molecule has 6 nitrogen and oxygen atoms in total. The molecule has 136 valence electrons. The van der Waals surface area contributed by atoms with Gasteiger partial charge in [0.25, 0.3) is 0 Å². The van der Waals surface area contributed by atoms with Gasteiger partial charge in [0.15, 0.2) is 0 Å². The molecule has 3 heterocycles. The highest BCUT2D eigenvalue weighted by molar-refractivity contribution is 5.85. The third-order valence-corrected chi connectivity index (χ3v) is 5.95. The van der Waals surface area contributed by atoms with Crippen molar-refractivity contribution in [1.29, 1.82) is 0 Å². The van der Waals surface area contributed by atoms with Crippen LogP contribution in [0, 0.1) is 5.41 Å². The second kappa shape index (κ2) is 6.90. The molecule has 1 aromatic rings. The Morgan fingerprint density at radius 2 is 2.16 bits per heavy atom. The molecule has 1 aromatic heterocycles. The van der Waals surface area contributed by atoms with Crippen LogP contribution in [-0.4, -0.2) is 60.7 Å². The first-order valence-corrected chi connectivity index (χ1v) is 9.57. The molecular formula is C19H28N4O2. The van der Waals surface area contributed by atoms with E-state index in [0.717, 1.165) is 57.7 Å². The summed E-state index contributed by atoms with van der Waals surface area (Å²) < 4.78 is 5.14. The molecule has 2 saturated heterocycles. The number of carbonyl (C=O) groups is 1. The first kappa shape index (κ1) is 16.8. The molecule has 3 aliphatic rings. The molecule has 0 bridgehead atoms. The number of amides is 1. The van der Waals surface area contributed by atoms with Crippen molar-refractivity contribution < 1.29 is 9.53 Å². The number of likely N-dealkylation sites (tertiary alicyclic amines) is 1. The maximum absolute atomic E-state index is 13.1. The van der Waals surface area contributed by atoms with E-state index in [-0.39, 0.29) is 5.41 Å². The van der Waals surface area contributed by atoms with Gasteiger partial charge in [-0.3, -0.25) is 4.79 Å². The number of rotatable bonds is 6. The van der Waals surface area contributed by atoms with Crippen LogP contribution in [-0.2, 0) is 9.53 Å². The highest BCUT2D eigenvalue weighted by Crippen LogP contribution is 2.43. The summed E-state index contributed by atoms with van der Waals surface area (Å²) in [5.41, 5.74) is 0.956. The number of methoxy groups -OCH3 is 1. The highest BCUT2D eigenvalue weighted by Gasteiger charge is 2.48. The van der Waals surface area contributed by atoms with Crippen molar-refractivity contribution in [2.45, 2.75) is 44.4 Å². The van der Waals surface area contributed by atoms with Gasteiger partial charge in [0.05, 0.1) is 5.41 Å².